The van der Waals surface area contributed by atoms with E-state index in [0.717, 1.165) is 16.9 Å². The number of amides is 1. The van der Waals surface area contributed by atoms with Gasteiger partial charge in [0, 0.05) is 5.56 Å². The van der Waals surface area contributed by atoms with Gasteiger partial charge in [-0.2, -0.15) is 5.10 Å². The Hall–Kier alpha value is -2.92. The van der Waals surface area contributed by atoms with Crippen LogP contribution in [-0.4, -0.2) is 42.0 Å². The van der Waals surface area contributed by atoms with Crippen molar-refractivity contribution in [3.8, 4) is 5.75 Å². The van der Waals surface area contributed by atoms with Crippen LogP contribution in [0.3, 0.4) is 0 Å². The topological polar surface area (TPSA) is 62.1 Å². The third-order valence-electron chi connectivity index (χ3n) is 3.73. The van der Waals surface area contributed by atoms with Crippen molar-refractivity contribution in [1.82, 2.24) is 5.01 Å². The maximum atomic E-state index is 12.6. The van der Waals surface area contributed by atoms with Crippen molar-refractivity contribution >= 4 is 17.7 Å². The number of hydrogen-bond acceptors (Lipinski definition) is 4. The Morgan fingerprint density at radius 3 is 2.46 bits per heavy atom. The molecule has 0 radical (unpaired) electrons. The SMILES string of the molecule is COc1ccc(C2=NN(CCO)C(=O)/C2=C\c2ccccc2)cc1. The molecule has 0 unspecified atom stereocenters. The van der Waals surface area contributed by atoms with Crippen LogP contribution < -0.4 is 4.74 Å². The Morgan fingerprint density at radius 2 is 1.83 bits per heavy atom. The summed E-state index contributed by atoms with van der Waals surface area (Å²) in [5.74, 6) is 0.531. The highest BCUT2D eigenvalue weighted by atomic mass is 16.5. The highest BCUT2D eigenvalue weighted by molar-refractivity contribution is 6.33. The lowest BCUT2D eigenvalue weighted by Crippen LogP contribution is -2.25. The van der Waals surface area contributed by atoms with Crippen LogP contribution in [0.15, 0.2) is 65.3 Å². The molecule has 2 aromatic carbocycles. The van der Waals surface area contributed by atoms with Gasteiger partial charge in [0.2, 0.25) is 0 Å². The molecule has 0 fully saturated rings. The normalized spacial score (nSPS) is 15.8. The molecule has 24 heavy (non-hydrogen) atoms. The highest BCUT2D eigenvalue weighted by Crippen LogP contribution is 2.24. The number of nitrogens with zero attached hydrogens (tertiary/aromatic N) is 2. The van der Waals surface area contributed by atoms with Crippen molar-refractivity contribution in [3.05, 3.63) is 71.3 Å². The Labute approximate surface area is 140 Å². The van der Waals surface area contributed by atoms with Crippen LogP contribution >= 0.6 is 0 Å². The van der Waals surface area contributed by atoms with Crippen molar-refractivity contribution in [2.24, 2.45) is 5.10 Å². The fourth-order valence-electron chi connectivity index (χ4n) is 2.51. The van der Waals surface area contributed by atoms with Crippen LogP contribution in [0.5, 0.6) is 5.75 Å². The van der Waals surface area contributed by atoms with E-state index in [1.54, 1.807) is 7.11 Å². The maximum Gasteiger partial charge on any atom is 0.276 e. The van der Waals surface area contributed by atoms with E-state index >= 15 is 0 Å². The maximum absolute atomic E-state index is 12.6. The van der Waals surface area contributed by atoms with Gasteiger partial charge < -0.3 is 9.84 Å². The molecule has 5 heteroatoms. The minimum Gasteiger partial charge on any atom is -0.497 e. The predicted molar refractivity (Wildman–Crippen MR) is 92.7 cm³/mol. The first-order valence-corrected chi connectivity index (χ1v) is 7.66. The van der Waals surface area contributed by atoms with Crippen molar-refractivity contribution in [2.75, 3.05) is 20.3 Å². The molecule has 1 heterocycles. The quantitative estimate of drug-likeness (QED) is 0.859. The molecule has 1 aliphatic rings. The highest BCUT2D eigenvalue weighted by Gasteiger charge is 2.30. The molecule has 122 valence electrons. The molecule has 0 aromatic heterocycles. The number of hydrogen-bond donors (Lipinski definition) is 1. The Kier molecular flexibility index (Phi) is 4.72. The second-order valence-corrected chi connectivity index (χ2v) is 5.30. The summed E-state index contributed by atoms with van der Waals surface area (Å²) in [5.41, 5.74) is 2.86. The minimum atomic E-state index is -0.210. The number of hydrazone groups is 1. The van der Waals surface area contributed by atoms with Crippen molar-refractivity contribution in [1.29, 1.82) is 0 Å². The molecule has 1 aliphatic heterocycles. The van der Waals surface area contributed by atoms with Gasteiger partial charge >= 0.3 is 0 Å². The molecule has 0 spiro atoms. The van der Waals surface area contributed by atoms with Crippen molar-refractivity contribution < 1.29 is 14.6 Å². The van der Waals surface area contributed by atoms with E-state index < -0.39 is 0 Å². The Balaban J connectivity index is 2.02. The molecular formula is C19H18N2O3. The summed E-state index contributed by atoms with van der Waals surface area (Å²) in [6.07, 6.45) is 1.82. The zero-order valence-corrected chi connectivity index (χ0v) is 13.3. The first-order chi connectivity index (χ1) is 11.7. The van der Waals surface area contributed by atoms with Crippen molar-refractivity contribution in [2.45, 2.75) is 0 Å². The zero-order valence-electron chi connectivity index (χ0n) is 13.3. The second-order valence-electron chi connectivity index (χ2n) is 5.30. The number of ether oxygens (including phenoxy) is 1. The number of aliphatic hydroxyl groups is 1. The molecule has 0 bridgehead atoms. The molecule has 3 rings (SSSR count). The van der Waals surface area contributed by atoms with Gasteiger partial charge in [-0.3, -0.25) is 4.79 Å². The smallest absolute Gasteiger partial charge is 0.276 e. The minimum absolute atomic E-state index is 0.135. The van der Waals surface area contributed by atoms with Crippen LogP contribution in [0, 0.1) is 0 Å². The lowest BCUT2D eigenvalue weighted by molar-refractivity contribution is -0.126. The molecule has 0 atom stereocenters. The van der Waals surface area contributed by atoms with Crippen LogP contribution in [0.2, 0.25) is 0 Å². The summed E-state index contributed by atoms with van der Waals surface area (Å²) >= 11 is 0. The first-order valence-electron chi connectivity index (χ1n) is 7.66. The van der Waals surface area contributed by atoms with E-state index in [1.165, 1.54) is 5.01 Å². The lowest BCUT2D eigenvalue weighted by atomic mass is 10.00. The van der Waals surface area contributed by atoms with E-state index in [9.17, 15) is 4.79 Å². The number of aliphatic hydroxyl groups excluding tert-OH is 1. The number of β-amino-alcohol motifs (C(OH)–C–C–N with tert-alkyl or cyclic N) is 1. The van der Waals surface area contributed by atoms with E-state index in [2.05, 4.69) is 5.10 Å². The fraction of sp³-hybridized carbons (Fsp3) is 0.158. The molecule has 5 nitrogen and oxygen atoms in total. The number of carbonyl (C=O) groups excluding carboxylic acids is 1. The molecule has 0 saturated carbocycles. The fourth-order valence-corrected chi connectivity index (χ4v) is 2.51. The number of rotatable bonds is 5. The number of carbonyl (C=O) groups is 1. The Bertz CT molecular complexity index is 780. The van der Waals surface area contributed by atoms with E-state index in [-0.39, 0.29) is 19.1 Å². The second kappa shape index (κ2) is 7.10. The largest absolute Gasteiger partial charge is 0.497 e. The van der Waals surface area contributed by atoms with Gasteiger partial charge in [-0.1, -0.05) is 30.3 Å². The predicted octanol–water partition coefficient (Wildman–Crippen LogP) is 2.32. The van der Waals surface area contributed by atoms with Crippen LogP contribution in [0.1, 0.15) is 11.1 Å². The van der Waals surface area contributed by atoms with Gasteiger partial charge in [-0.25, -0.2) is 5.01 Å². The zero-order chi connectivity index (χ0) is 16.9. The van der Waals surface area contributed by atoms with Gasteiger partial charge in [-0.05, 0) is 35.9 Å². The monoisotopic (exact) mass is 322 g/mol. The first kappa shape index (κ1) is 16.0. The third-order valence-corrected chi connectivity index (χ3v) is 3.73. The average Bonchev–Trinajstić information content (AvgIpc) is 2.93. The van der Waals surface area contributed by atoms with Crippen LogP contribution in [-0.2, 0) is 4.79 Å². The molecule has 2 aromatic rings. The molecule has 0 aliphatic carbocycles. The van der Waals surface area contributed by atoms with Gasteiger partial charge in [0.1, 0.15) is 11.5 Å². The summed E-state index contributed by atoms with van der Waals surface area (Å²) in [4.78, 5) is 12.6. The summed E-state index contributed by atoms with van der Waals surface area (Å²) in [6.45, 7) is 0.0361. The van der Waals surface area contributed by atoms with Gasteiger partial charge in [0.15, 0.2) is 0 Å². The number of benzene rings is 2. The summed E-state index contributed by atoms with van der Waals surface area (Å²) < 4.78 is 5.17. The Morgan fingerprint density at radius 1 is 1.12 bits per heavy atom. The van der Waals surface area contributed by atoms with E-state index in [1.807, 2.05) is 60.7 Å². The average molecular weight is 322 g/mol. The third kappa shape index (κ3) is 3.21. The standard InChI is InChI=1S/C19H18N2O3/c1-24-16-9-7-15(8-10-16)18-17(13-14-5-3-2-4-6-14)19(23)21(20-18)11-12-22/h2-10,13,22H,11-12H2,1H3/b17-13-. The lowest BCUT2D eigenvalue weighted by Gasteiger charge is -2.08. The molecule has 1 N–H and O–H groups in total. The number of methoxy groups -OCH3 is 1. The molecular weight excluding hydrogens is 304 g/mol. The summed E-state index contributed by atoms with van der Waals surface area (Å²) in [7, 11) is 1.61. The molecule has 0 saturated heterocycles. The summed E-state index contributed by atoms with van der Waals surface area (Å²) in [6, 6.07) is 17.0. The van der Waals surface area contributed by atoms with Crippen LogP contribution in [0.4, 0.5) is 0 Å². The van der Waals surface area contributed by atoms with Crippen molar-refractivity contribution in [3.63, 3.8) is 0 Å². The molecule has 1 amide bonds. The van der Waals surface area contributed by atoms with Gasteiger partial charge in [0.25, 0.3) is 5.91 Å². The van der Waals surface area contributed by atoms with E-state index in [4.69, 9.17) is 9.84 Å². The van der Waals surface area contributed by atoms with Crippen LogP contribution in [0.25, 0.3) is 6.08 Å². The van der Waals surface area contributed by atoms with E-state index in [0.29, 0.717) is 11.3 Å². The summed E-state index contributed by atoms with van der Waals surface area (Å²) in [5, 5.41) is 14.8. The van der Waals surface area contributed by atoms with Gasteiger partial charge in [-0.15, -0.1) is 0 Å². The van der Waals surface area contributed by atoms with Gasteiger partial charge in [0.05, 0.1) is 25.8 Å².